The second-order valence-corrected chi connectivity index (χ2v) is 8.41. The van der Waals surface area contributed by atoms with Crippen molar-refractivity contribution in [1.82, 2.24) is 4.90 Å². The van der Waals surface area contributed by atoms with Gasteiger partial charge in [0.05, 0.1) is 23.4 Å². The summed E-state index contributed by atoms with van der Waals surface area (Å²) in [5.41, 5.74) is 0.333. The van der Waals surface area contributed by atoms with Crippen LogP contribution in [-0.4, -0.2) is 36.9 Å². The second kappa shape index (κ2) is 9.49. The maximum Gasteiger partial charge on any atom is 0.418 e. The zero-order chi connectivity index (χ0) is 22.6. The third-order valence-electron chi connectivity index (χ3n) is 4.93. The minimum absolute atomic E-state index is 0.0797. The van der Waals surface area contributed by atoms with E-state index in [-0.39, 0.29) is 31.1 Å². The number of halogens is 3. The molecule has 0 saturated heterocycles. The summed E-state index contributed by atoms with van der Waals surface area (Å²) in [6.45, 7) is 0.0589. The molecule has 1 aromatic carbocycles. The summed E-state index contributed by atoms with van der Waals surface area (Å²) in [5, 5.41) is 15.0. The van der Waals surface area contributed by atoms with E-state index < -0.39 is 17.6 Å². The van der Waals surface area contributed by atoms with Gasteiger partial charge in [0.1, 0.15) is 11.1 Å². The predicted octanol–water partition coefficient (Wildman–Crippen LogP) is 4.03. The molecule has 0 radical (unpaired) electrons. The zero-order valence-electron chi connectivity index (χ0n) is 16.8. The lowest BCUT2D eigenvalue weighted by atomic mass is 10.1. The van der Waals surface area contributed by atoms with Gasteiger partial charge in [-0.05, 0) is 44.0 Å². The Hall–Kier alpha value is -2.90. The minimum Gasteiger partial charge on any atom is -0.324 e. The van der Waals surface area contributed by atoms with E-state index in [1.807, 2.05) is 0 Å². The average Bonchev–Trinajstić information content (AvgIpc) is 3.26. The third kappa shape index (κ3) is 5.62. The number of nitrogens with one attached hydrogen (secondary N) is 2. The van der Waals surface area contributed by atoms with Crippen LogP contribution in [0, 0.1) is 11.3 Å². The maximum atomic E-state index is 13.0. The maximum absolute atomic E-state index is 13.0. The molecule has 1 aliphatic rings. The molecule has 0 spiro atoms. The number of rotatable bonds is 7. The highest BCUT2D eigenvalue weighted by Crippen LogP contribution is 2.38. The molecule has 0 bridgehead atoms. The highest BCUT2D eigenvalue weighted by atomic mass is 32.1. The van der Waals surface area contributed by atoms with Crippen molar-refractivity contribution in [2.24, 2.45) is 0 Å². The monoisotopic (exact) mass is 450 g/mol. The number of fused-ring (bicyclic) bond motifs is 1. The summed E-state index contributed by atoms with van der Waals surface area (Å²) in [7, 11) is 1.60. The number of thiophene rings is 1. The van der Waals surface area contributed by atoms with Gasteiger partial charge < -0.3 is 10.6 Å². The Labute approximate surface area is 181 Å². The molecule has 164 valence electrons. The van der Waals surface area contributed by atoms with E-state index in [0.717, 1.165) is 35.8 Å². The topological polar surface area (TPSA) is 85.2 Å². The summed E-state index contributed by atoms with van der Waals surface area (Å²) in [5.74, 6) is -0.896. The molecule has 3 rings (SSSR count). The van der Waals surface area contributed by atoms with Crippen LogP contribution in [0.3, 0.4) is 0 Å². The van der Waals surface area contributed by atoms with Gasteiger partial charge in [-0.3, -0.25) is 14.5 Å². The number of carbonyl (C=O) groups excluding carboxylic acids is 2. The molecule has 0 aliphatic heterocycles. The van der Waals surface area contributed by atoms with Crippen molar-refractivity contribution >= 4 is 33.8 Å². The first-order valence-electron chi connectivity index (χ1n) is 9.68. The van der Waals surface area contributed by atoms with Crippen LogP contribution in [0.25, 0.3) is 0 Å². The fourth-order valence-corrected chi connectivity index (χ4v) is 4.70. The summed E-state index contributed by atoms with van der Waals surface area (Å²) < 4.78 is 39.1. The molecule has 0 saturated carbocycles. The molecule has 10 heteroatoms. The lowest BCUT2D eigenvalue weighted by Crippen LogP contribution is -2.33. The summed E-state index contributed by atoms with van der Waals surface area (Å²) in [6.07, 6.45) is -1.71. The van der Waals surface area contributed by atoms with Crippen LogP contribution in [0.1, 0.15) is 34.4 Å². The van der Waals surface area contributed by atoms with Crippen LogP contribution in [0.4, 0.5) is 23.9 Å². The number of nitriles is 1. The molecule has 6 nitrogen and oxygen atoms in total. The van der Waals surface area contributed by atoms with Crippen molar-refractivity contribution < 1.29 is 22.8 Å². The number of nitrogens with zero attached hydrogens (tertiary/aromatic N) is 2. The fourth-order valence-electron chi connectivity index (χ4n) is 3.45. The number of carbonyl (C=O) groups is 2. The predicted molar refractivity (Wildman–Crippen MR) is 112 cm³/mol. The van der Waals surface area contributed by atoms with Crippen LogP contribution in [0.5, 0.6) is 0 Å². The van der Waals surface area contributed by atoms with Gasteiger partial charge >= 0.3 is 6.18 Å². The van der Waals surface area contributed by atoms with Crippen LogP contribution in [0.2, 0.25) is 0 Å². The van der Waals surface area contributed by atoms with Gasteiger partial charge in [0, 0.05) is 17.8 Å². The fraction of sp³-hybridized carbons (Fsp3) is 0.381. The molecule has 0 atom stereocenters. The first-order chi connectivity index (χ1) is 14.7. The summed E-state index contributed by atoms with van der Waals surface area (Å²) in [4.78, 5) is 27.1. The number of hydrogen-bond donors (Lipinski definition) is 2. The number of anilines is 2. The van der Waals surface area contributed by atoms with E-state index in [9.17, 15) is 28.0 Å². The zero-order valence-corrected chi connectivity index (χ0v) is 17.6. The summed E-state index contributed by atoms with van der Waals surface area (Å²) in [6, 6.07) is 6.92. The highest BCUT2D eigenvalue weighted by molar-refractivity contribution is 7.16. The molecule has 2 N–H and O–H groups in total. The van der Waals surface area contributed by atoms with E-state index >= 15 is 0 Å². The molecule has 1 aliphatic carbocycles. The standard InChI is InChI=1S/C21H21F3N4O2S/c1-28(12-19(30)26-16-7-3-2-6-15(16)21(22,23)24)10-9-18(29)27-20-14(11-25)13-5-4-8-17(13)31-20/h2-3,6-7H,4-5,8-10,12H2,1H3,(H,26,30)(H,27,29). The molecule has 2 aromatic rings. The molecular weight excluding hydrogens is 429 g/mol. The van der Waals surface area contributed by atoms with Gasteiger partial charge in [0.15, 0.2) is 0 Å². The molecular formula is C21H21F3N4O2S. The van der Waals surface area contributed by atoms with Crippen molar-refractivity contribution in [3.8, 4) is 6.07 Å². The Kier molecular flexibility index (Phi) is 6.97. The van der Waals surface area contributed by atoms with Gasteiger partial charge in [-0.1, -0.05) is 12.1 Å². The Morgan fingerprint density at radius 1 is 1.19 bits per heavy atom. The van der Waals surface area contributed by atoms with Crippen molar-refractivity contribution in [2.75, 3.05) is 30.8 Å². The quantitative estimate of drug-likeness (QED) is 0.667. The normalized spacial score (nSPS) is 13.0. The van der Waals surface area contributed by atoms with Crippen LogP contribution < -0.4 is 10.6 Å². The number of alkyl halides is 3. The number of aryl methyl sites for hydroxylation is 1. The van der Waals surface area contributed by atoms with E-state index in [4.69, 9.17) is 0 Å². The van der Waals surface area contributed by atoms with Crippen LogP contribution in [0.15, 0.2) is 24.3 Å². The average molecular weight is 450 g/mol. The molecule has 1 aromatic heterocycles. The number of amides is 2. The van der Waals surface area contributed by atoms with E-state index in [1.54, 1.807) is 11.9 Å². The largest absolute Gasteiger partial charge is 0.418 e. The van der Waals surface area contributed by atoms with E-state index in [2.05, 4.69) is 16.7 Å². The highest BCUT2D eigenvalue weighted by Gasteiger charge is 2.33. The molecule has 31 heavy (non-hydrogen) atoms. The first kappa shape index (κ1) is 22.8. The lowest BCUT2D eigenvalue weighted by molar-refractivity contribution is -0.137. The lowest BCUT2D eigenvalue weighted by Gasteiger charge is -2.17. The number of likely N-dealkylation sites (N-methyl/N-ethyl adjacent to an activating group) is 1. The smallest absolute Gasteiger partial charge is 0.324 e. The number of benzene rings is 1. The Morgan fingerprint density at radius 2 is 1.94 bits per heavy atom. The minimum atomic E-state index is -4.57. The molecule has 1 heterocycles. The van der Waals surface area contributed by atoms with Crippen molar-refractivity contribution in [3.63, 3.8) is 0 Å². The molecule has 0 fully saturated rings. The van der Waals surface area contributed by atoms with Gasteiger partial charge in [-0.15, -0.1) is 11.3 Å². The SMILES string of the molecule is CN(CCC(=O)Nc1sc2c(c1C#N)CCC2)CC(=O)Nc1ccccc1C(F)(F)F. The molecule has 2 amide bonds. The van der Waals surface area contributed by atoms with E-state index in [0.29, 0.717) is 10.6 Å². The van der Waals surface area contributed by atoms with Crippen molar-refractivity contribution in [2.45, 2.75) is 31.9 Å². The Bertz CT molecular complexity index is 1030. The first-order valence-corrected chi connectivity index (χ1v) is 10.5. The van der Waals surface area contributed by atoms with Gasteiger partial charge in [-0.25, -0.2) is 0 Å². The van der Waals surface area contributed by atoms with Crippen molar-refractivity contribution in [3.05, 3.63) is 45.8 Å². The van der Waals surface area contributed by atoms with Crippen molar-refractivity contribution in [1.29, 1.82) is 5.26 Å². The molecule has 0 unspecified atom stereocenters. The van der Waals surface area contributed by atoms with Crippen LogP contribution in [-0.2, 0) is 28.6 Å². The number of para-hydroxylation sites is 1. The second-order valence-electron chi connectivity index (χ2n) is 7.30. The number of hydrogen-bond acceptors (Lipinski definition) is 5. The third-order valence-corrected chi connectivity index (χ3v) is 6.13. The Morgan fingerprint density at radius 3 is 2.65 bits per heavy atom. The van der Waals surface area contributed by atoms with Gasteiger partial charge in [0.2, 0.25) is 11.8 Å². The van der Waals surface area contributed by atoms with Gasteiger partial charge in [0.25, 0.3) is 0 Å². The summed E-state index contributed by atoms with van der Waals surface area (Å²) >= 11 is 1.43. The van der Waals surface area contributed by atoms with Crippen LogP contribution >= 0.6 is 11.3 Å². The Balaban J connectivity index is 1.50. The van der Waals surface area contributed by atoms with Gasteiger partial charge in [-0.2, -0.15) is 18.4 Å². The van der Waals surface area contributed by atoms with E-state index in [1.165, 1.54) is 29.5 Å².